The normalized spacial score (nSPS) is 24.4. The molecule has 586 valence electrons. The summed E-state index contributed by atoms with van der Waals surface area (Å²) < 4.78 is 26.4. The number of carbonyl (C=O) groups is 8. The molecule has 2 saturated carbocycles. The first-order valence-electron chi connectivity index (χ1n) is 38.2. The summed E-state index contributed by atoms with van der Waals surface area (Å²) in [4.78, 5) is 114. The van der Waals surface area contributed by atoms with Crippen molar-refractivity contribution in [3.05, 3.63) is 144 Å². The minimum atomic E-state index is -0.876. The van der Waals surface area contributed by atoms with Gasteiger partial charge in [-0.15, -0.1) is 0 Å². The fourth-order valence-electron chi connectivity index (χ4n) is 17.6. The van der Waals surface area contributed by atoms with E-state index in [0.717, 1.165) is 122 Å². The molecule has 6 N–H and O–H groups in total. The number of ether oxygens (including phenoxy) is 4. The number of benzene rings is 5. The molecule has 4 bridgehead atoms. The second-order valence-corrected chi connectivity index (χ2v) is 34.6. The maximum atomic E-state index is 13.7. The van der Waals surface area contributed by atoms with Gasteiger partial charge in [0.2, 0.25) is 35.4 Å². The molecule has 10 amide bonds. The van der Waals surface area contributed by atoms with Crippen LogP contribution in [0.15, 0.2) is 121 Å². The van der Waals surface area contributed by atoms with Gasteiger partial charge in [0.25, 0.3) is 0 Å². The molecule has 26 heteroatoms. The lowest BCUT2D eigenvalue weighted by Crippen LogP contribution is -2.63. The maximum Gasteiger partial charge on any atom is 0.324 e. The van der Waals surface area contributed by atoms with Crippen molar-refractivity contribution in [2.24, 2.45) is 32.5 Å². The highest BCUT2D eigenvalue weighted by Gasteiger charge is 2.64. The zero-order valence-corrected chi connectivity index (χ0v) is 66.2. The molecule has 0 spiro atoms. The molecular weight excluding hydrogens is 1400 g/mol. The van der Waals surface area contributed by atoms with Crippen LogP contribution in [0.5, 0.6) is 11.5 Å². The Labute approximate surface area is 644 Å². The van der Waals surface area contributed by atoms with Crippen LogP contribution in [0.1, 0.15) is 144 Å². The number of aromatic nitrogens is 4. The number of piperidine rings is 2. The number of anilines is 4. The second kappa shape index (κ2) is 31.4. The molecule has 4 atom stereocenters. The van der Waals surface area contributed by atoms with Crippen LogP contribution in [0, 0.1) is 32.5 Å². The first-order chi connectivity index (χ1) is 52.0. The number of urea groups is 2. The lowest BCUT2D eigenvalue weighted by Gasteiger charge is -2.55. The van der Waals surface area contributed by atoms with Gasteiger partial charge in [0.05, 0.1) is 54.9 Å². The summed E-state index contributed by atoms with van der Waals surface area (Å²) in [6.07, 6.45) is 2.41. The van der Waals surface area contributed by atoms with Gasteiger partial charge in [-0.1, -0.05) is 132 Å². The summed E-state index contributed by atoms with van der Waals surface area (Å²) in [5, 5.41) is 29.6. The number of rotatable bonds is 20. The number of hydrogen-bond acceptors (Lipinski definition) is 16. The van der Waals surface area contributed by atoms with Gasteiger partial charge in [-0.05, 0) is 110 Å². The van der Waals surface area contributed by atoms with Crippen LogP contribution in [0.4, 0.5) is 32.6 Å². The Morgan fingerprint density at radius 2 is 0.855 bits per heavy atom. The molecule has 6 heterocycles. The number of fused-ring (bicyclic) bond motifs is 5. The van der Waals surface area contributed by atoms with Gasteiger partial charge in [0.15, 0.2) is 0 Å². The van der Waals surface area contributed by atoms with Gasteiger partial charge in [-0.25, -0.2) is 19.0 Å². The van der Waals surface area contributed by atoms with Crippen LogP contribution < -0.4 is 41.4 Å². The molecule has 4 saturated heterocycles. The van der Waals surface area contributed by atoms with Crippen LogP contribution in [0.25, 0.3) is 22.1 Å². The van der Waals surface area contributed by atoms with Gasteiger partial charge < -0.3 is 40.2 Å². The minimum absolute atomic E-state index is 0.172. The molecule has 6 fully saturated rings. The Kier molecular flexibility index (Phi) is 22.7. The molecule has 6 aliphatic rings. The molecule has 0 radical (unpaired) electrons. The van der Waals surface area contributed by atoms with E-state index in [2.05, 4.69) is 83.2 Å². The van der Waals surface area contributed by atoms with Crippen LogP contribution in [-0.2, 0) is 62.2 Å². The SMILES string of the molecule is CN1C(=O)C2(C)CC(C)(C(=O)NCc3ccc(-n4nc(C(C)(C)C)cc4NC(=O)Nc4ccc(OCCN5CCOCC5)c5ccccc45)cc3)CC(C)(C2)C1=O.CN1C(=O)C2(C)CC(C)(C(=O)NCc3ccc(-n4nc(C(C)(C)C)cc4NC(=O)Nc4ccc(OCCN5CCOCC5)cc4)cc3)CC(C)(C2)C1=O. The average Bonchev–Trinajstić information content (AvgIpc) is 0.924. The van der Waals surface area contributed by atoms with E-state index in [0.29, 0.717) is 74.7 Å². The molecule has 110 heavy (non-hydrogen) atoms. The minimum Gasteiger partial charge on any atom is -0.492 e. The zero-order chi connectivity index (χ0) is 78.9. The van der Waals surface area contributed by atoms with E-state index in [4.69, 9.17) is 29.1 Å². The summed E-state index contributed by atoms with van der Waals surface area (Å²) in [5.41, 5.74) is 0.668. The number of carbonyl (C=O) groups excluding carboxylic acids is 8. The number of hydrogen-bond donors (Lipinski definition) is 6. The predicted molar refractivity (Wildman–Crippen MR) is 421 cm³/mol. The third-order valence-corrected chi connectivity index (χ3v) is 22.6. The van der Waals surface area contributed by atoms with Crippen LogP contribution in [0.2, 0.25) is 0 Å². The van der Waals surface area contributed by atoms with Crippen LogP contribution >= 0.6 is 0 Å². The van der Waals surface area contributed by atoms with Crippen molar-refractivity contribution in [3.63, 3.8) is 0 Å². The number of nitrogens with one attached hydrogen (secondary N) is 6. The molecule has 2 aliphatic carbocycles. The Balaban J connectivity index is 0.000000205. The van der Waals surface area contributed by atoms with Crippen molar-refractivity contribution in [2.45, 2.75) is 146 Å². The number of morpholine rings is 2. The molecule has 5 aromatic carbocycles. The summed E-state index contributed by atoms with van der Waals surface area (Å²) in [6.45, 7) is 33.5. The van der Waals surface area contributed by atoms with Gasteiger partial charge in [0.1, 0.15) is 36.3 Å². The van der Waals surface area contributed by atoms with E-state index in [9.17, 15) is 38.4 Å². The zero-order valence-electron chi connectivity index (χ0n) is 66.2. The van der Waals surface area contributed by atoms with Crippen LogP contribution in [-0.4, -0.2) is 180 Å². The lowest BCUT2D eigenvalue weighted by molar-refractivity contribution is -0.179. The third kappa shape index (κ3) is 17.4. The van der Waals surface area contributed by atoms with Gasteiger partial charge in [0, 0.05) is 138 Å². The van der Waals surface area contributed by atoms with Crippen molar-refractivity contribution in [3.8, 4) is 22.9 Å². The Morgan fingerprint density at radius 3 is 1.26 bits per heavy atom. The van der Waals surface area contributed by atoms with Crippen molar-refractivity contribution >= 4 is 81.3 Å². The van der Waals surface area contributed by atoms with Gasteiger partial charge in [-0.2, -0.15) is 10.2 Å². The van der Waals surface area contributed by atoms with Crippen molar-refractivity contribution < 1.29 is 57.3 Å². The van der Waals surface area contributed by atoms with E-state index < -0.39 is 44.6 Å². The Bertz CT molecular complexity index is 4550. The summed E-state index contributed by atoms with van der Waals surface area (Å²) in [7, 11) is 3.08. The van der Waals surface area contributed by atoms with E-state index in [1.165, 1.54) is 9.80 Å². The number of likely N-dealkylation sites (tertiary alicyclic amines) is 2. The number of amides is 10. The molecule has 26 nitrogen and oxygen atoms in total. The largest absolute Gasteiger partial charge is 0.492 e. The summed E-state index contributed by atoms with van der Waals surface area (Å²) in [5.74, 6) is 1.27. The third-order valence-electron chi connectivity index (χ3n) is 22.6. The van der Waals surface area contributed by atoms with Gasteiger partial charge >= 0.3 is 12.1 Å². The molecular formula is C84H108N14O12. The highest BCUT2D eigenvalue weighted by molar-refractivity contribution is 6.08. The van der Waals surface area contributed by atoms with E-state index in [1.54, 1.807) is 35.6 Å². The molecule has 4 unspecified atom stereocenters. The summed E-state index contributed by atoms with van der Waals surface area (Å²) >= 11 is 0. The van der Waals surface area contributed by atoms with E-state index in [-0.39, 0.29) is 59.4 Å². The number of imide groups is 2. The fourth-order valence-corrected chi connectivity index (χ4v) is 17.6. The first-order valence-corrected chi connectivity index (χ1v) is 38.2. The van der Waals surface area contributed by atoms with Crippen molar-refractivity contribution in [2.75, 3.05) is 114 Å². The highest BCUT2D eigenvalue weighted by Crippen LogP contribution is 2.60. The maximum absolute atomic E-state index is 13.7. The predicted octanol–water partition coefficient (Wildman–Crippen LogP) is 11.8. The number of nitrogens with zero attached hydrogens (tertiary/aromatic N) is 8. The second-order valence-electron chi connectivity index (χ2n) is 34.6. The molecule has 4 aliphatic heterocycles. The topological polar surface area (TPSA) is 294 Å². The van der Waals surface area contributed by atoms with E-state index in [1.807, 2.05) is 151 Å². The van der Waals surface area contributed by atoms with E-state index >= 15 is 0 Å². The molecule has 13 rings (SSSR count). The van der Waals surface area contributed by atoms with Crippen LogP contribution in [0.3, 0.4) is 0 Å². The van der Waals surface area contributed by atoms with Crippen molar-refractivity contribution in [1.29, 1.82) is 0 Å². The monoisotopic (exact) mass is 1500 g/mol. The molecule has 7 aromatic rings. The lowest BCUT2D eigenvalue weighted by atomic mass is 9.51. The molecule has 2 aromatic heterocycles. The van der Waals surface area contributed by atoms with Gasteiger partial charge in [-0.3, -0.25) is 59.0 Å². The smallest absolute Gasteiger partial charge is 0.324 e. The first kappa shape index (κ1) is 79.5. The van der Waals surface area contributed by atoms with Crippen molar-refractivity contribution in [1.82, 2.24) is 49.8 Å². The fraction of sp³-hybridized carbons (Fsp3) is 0.500. The standard InChI is InChI=1S/C44H55N7O6.C40H53N7O6/c1-41(2,3)35-24-36(47-40(55)46-33-16-17-34(32-11-9-8-10-31(32)33)57-23-20-50-18-21-56-22-19-50)51(48-35)30-14-12-29(13-15-30)25-45-37(52)42(4)26-43(5)28-44(6,27-42)39(54)49(7)38(43)53;1-37(2,3)31-22-32(43-36(51)42-28-10-14-30(15-11-28)53-21-18-46-16-19-52-20-17-46)47(44-31)29-12-8-27(9-13-29)23-41-33(48)38(4)24-39(5)26-40(6,25-38)35(50)45(7)34(39)49/h8-17,24H,18-23,25-28H2,1-7H3,(H,45,52)(H2,46,47,55);8-15,22H,16-21,23-26H2,1-7H3,(H,41,48)(H2,42,43,51). The Hall–Kier alpha value is -10.0. The Morgan fingerprint density at radius 1 is 0.464 bits per heavy atom. The summed E-state index contributed by atoms with van der Waals surface area (Å²) in [6, 6.07) is 37.0. The quantitative estimate of drug-likeness (QED) is 0.0387. The average molecular weight is 1510 g/mol. The highest BCUT2D eigenvalue weighted by atomic mass is 16.5.